The summed E-state index contributed by atoms with van der Waals surface area (Å²) in [5.74, 6) is 0. The van der Waals surface area contributed by atoms with E-state index in [9.17, 15) is 2.74 Å². The number of nitrogens with zero attached hydrogens (tertiary/aromatic N) is 1. The maximum Gasteiger partial charge on any atom is 0.143 e. The van der Waals surface area contributed by atoms with Crippen molar-refractivity contribution in [2.24, 2.45) is 0 Å². The van der Waals surface area contributed by atoms with Gasteiger partial charge in [-0.1, -0.05) is 194 Å². The van der Waals surface area contributed by atoms with Gasteiger partial charge in [0, 0.05) is 52.8 Å². The molecular weight excluding hydrogens is 927 g/mol. The highest BCUT2D eigenvalue weighted by Gasteiger charge is 2.20. The minimum absolute atomic E-state index is 0.0642. The van der Waals surface area contributed by atoms with Gasteiger partial charge in [-0.05, 0) is 146 Å². The van der Waals surface area contributed by atoms with Crippen LogP contribution in [-0.2, 0) is 0 Å². The first-order chi connectivity index (χ1) is 40.1. The predicted octanol–water partition coefficient (Wildman–Crippen LogP) is 20.7. The van der Waals surface area contributed by atoms with Crippen molar-refractivity contribution in [1.29, 1.82) is 0 Å². The van der Waals surface area contributed by atoms with Crippen LogP contribution in [0.3, 0.4) is 0 Å². The molecule has 0 N–H and O–H groups in total. The first kappa shape index (κ1) is 36.4. The van der Waals surface area contributed by atoms with Crippen molar-refractivity contribution in [1.82, 2.24) is 4.57 Å². The Hall–Kier alpha value is -9.54. The summed E-state index contributed by atoms with van der Waals surface area (Å²) in [6, 6.07) is 77.8. The molecule has 3 aromatic heterocycles. The van der Waals surface area contributed by atoms with Gasteiger partial charge >= 0.3 is 0 Å². The summed E-state index contributed by atoms with van der Waals surface area (Å²) in [6.45, 7) is 0. The largest absolute Gasteiger partial charge is 0.455 e. The third-order valence-corrected chi connectivity index (χ3v) is 15.9. The van der Waals surface area contributed by atoms with Crippen LogP contribution in [0.25, 0.3) is 147 Å². The number of para-hydroxylation sites is 5. The highest BCUT2D eigenvalue weighted by Crippen LogP contribution is 2.45. The zero-order chi connectivity index (χ0) is 55.5. The molecule has 0 aliphatic rings. The standard InChI is InChI=1S/C72H45NOS/c1-3-18-46(19-4-1)51-39-52(47-20-5-2-6-21-47)41-54(40-51)55-42-53(43-56(44-55)57-24-7-11-32-66(57)73-67-33-12-8-25-60(67)61-26-9-13-34-68(61)73)48-22-15-23-49(38-48)59-29-17-31-64-65-45-50(36-37-70(65)75-72(59)64)58-28-16-30-63-62-27-10-14-35-69(62)74-71(58)63/h1-45H/i8D,9D,12D,25D,26D,33D,34D. The van der Waals surface area contributed by atoms with E-state index in [2.05, 4.69) is 176 Å². The summed E-state index contributed by atoms with van der Waals surface area (Å²) in [5.41, 5.74) is 16.7. The SMILES string of the molecule is [2H]c1cc([2H])c2c(c1[2H])c1c([2H])c([2H])c([2H])c([2H])c1n2-c1ccccc1-c1cc(-c2cc(-c3ccccc3)cc(-c3ccccc3)c2)cc(-c2cccc(-c3cccc4c3sc3ccc(-c5cccc6c5oc5ccccc56)cc34)c2)c1. The Morgan fingerprint density at radius 1 is 0.320 bits per heavy atom. The summed E-state index contributed by atoms with van der Waals surface area (Å²) in [4.78, 5) is 0. The lowest BCUT2D eigenvalue weighted by atomic mass is 9.89. The third-order valence-electron chi connectivity index (χ3n) is 14.7. The van der Waals surface area contributed by atoms with Crippen LogP contribution in [0.5, 0.6) is 0 Å². The molecular formula is C72H45NOS. The van der Waals surface area contributed by atoms with Gasteiger partial charge in [-0.2, -0.15) is 0 Å². The number of benzene rings is 12. The number of fused-ring (bicyclic) bond motifs is 9. The van der Waals surface area contributed by atoms with Crippen molar-refractivity contribution >= 4 is 75.3 Å². The molecule has 3 heteroatoms. The Labute approximate surface area is 448 Å². The fourth-order valence-electron chi connectivity index (χ4n) is 11.2. The van der Waals surface area contributed by atoms with E-state index < -0.39 is 12.1 Å². The van der Waals surface area contributed by atoms with E-state index in [0.717, 1.165) is 99.8 Å². The van der Waals surface area contributed by atoms with Gasteiger partial charge in [-0.25, -0.2) is 0 Å². The summed E-state index contributed by atoms with van der Waals surface area (Å²) in [5, 5.41) is 4.81. The third kappa shape index (κ3) is 7.31. The molecule has 0 saturated heterocycles. The number of rotatable bonds is 8. The minimum Gasteiger partial charge on any atom is -0.455 e. The Bertz CT molecular complexity index is 5080. The molecule has 75 heavy (non-hydrogen) atoms. The number of hydrogen-bond donors (Lipinski definition) is 0. The summed E-state index contributed by atoms with van der Waals surface area (Å²) >= 11 is 1.79. The Balaban J connectivity index is 0.937. The molecule has 12 aromatic carbocycles. The van der Waals surface area contributed by atoms with E-state index in [1.807, 2.05) is 48.5 Å². The molecule has 0 radical (unpaired) electrons. The van der Waals surface area contributed by atoms with E-state index in [-0.39, 0.29) is 52.0 Å². The van der Waals surface area contributed by atoms with Gasteiger partial charge in [0.2, 0.25) is 0 Å². The summed E-state index contributed by atoms with van der Waals surface area (Å²) in [6.07, 6.45) is 0. The first-order valence-electron chi connectivity index (χ1n) is 28.6. The fraction of sp³-hybridized carbons (Fsp3) is 0. The van der Waals surface area contributed by atoms with Crippen molar-refractivity contribution < 1.29 is 14.0 Å². The second-order valence-electron chi connectivity index (χ2n) is 19.0. The Morgan fingerprint density at radius 2 is 0.853 bits per heavy atom. The maximum absolute atomic E-state index is 9.37. The molecule has 15 rings (SSSR count). The second-order valence-corrected chi connectivity index (χ2v) is 20.1. The summed E-state index contributed by atoms with van der Waals surface area (Å²) in [7, 11) is 0. The molecule has 0 fully saturated rings. The van der Waals surface area contributed by atoms with Gasteiger partial charge in [0.05, 0.1) is 26.3 Å². The lowest BCUT2D eigenvalue weighted by Crippen LogP contribution is -1.97. The number of aromatic nitrogens is 1. The quantitative estimate of drug-likeness (QED) is 0.148. The molecule has 3 heterocycles. The van der Waals surface area contributed by atoms with Crippen molar-refractivity contribution in [3.63, 3.8) is 0 Å². The van der Waals surface area contributed by atoms with Crippen LogP contribution >= 0.6 is 11.3 Å². The van der Waals surface area contributed by atoms with Crippen LogP contribution in [0, 0.1) is 0 Å². The van der Waals surface area contributed by atoms with Gasteiger partial charge < -0.3 is 8.98 Å². The Kier molecular flexibility index (Phi) is 8.54. The van der Waals surface area contributed by atoms with Gasteiger partial charge in [0.15, 0.2) is 0 Å². The van der Waals surface area contributed by atoms with Crippen LogP contribution in [0.2, 0.25) is 0 Å². The van der Waals surface area contributed by atoms with Crippen molar-refractivity contribution in [2.45, 2.75) is 0 Å². The van der Waals surface area contributed by atoms with Gasteiger partial charge in [0.1, 0.15) is 11.2 Å². The molecule has 0 saturated carbocycles. The van der Waals surface area contributed by atoms with Gasteiger partial charge in [-0.15, -0.1) is 11.3 Å². The molecule has 15 aromatic rings. The van der Waals surface area contributed by atoms with Crippen LogP contribution in [-0.4, -0.2) is 4.57 Å². The molecule has 350 valence electrons. The summed E-state index contributed by atoms with van der Waals surface area (Å²) < 4.78 is 73.9. The maximum atomic E-state index is 9.37. The van der Waals surface area contributed by atoms with Crippen molar-refractivity contribution in [2.75, 3.05) is 0 Å². The number of furan rings is 1. The van der Waals surface area contributed by atoms with Crippen LogP contribution in [0.1, 0.15) is 9.60 Å². The highest BCUT2D eigenvalue weighted by atomic mass is 32.1. The molecule has 0 amide bonds. The molecule has 0 unspecified atom stereocenters. The van der Waals surface area contributed by atoms with E-state index in [1.54, 1.807) is 15.9 Å². The zero-order valence-corrected chi connectivity index (χ0v) is 41.0. The monoisotopic (exact) mass is 978 g/mol. The molecule has 0 atom stereocenters. The Morgan fingerprint density at radius 3 is 1.64 bits per heavy atom. The lowest BCUT2D eigenvalue weighted by Gasteiger charge is -2.18. The van der Waals surface area contributed by atoms with Crippen LogP contribution in [0.15, 0.2) is 277 Å². The van der Waals surface area contributed by atoms with Gasteiger partial charge in [-0.3, -0.25) is 0 Å². The topological polar surface area (TPSA) is 18.1 Å². The molecule has 0 aliphatic carbocycles. The number of hydrogen-bond acceptors (Lipinski definition) is 2. The van der Waals surface area contributed by atoms with Crippen LogP contribution < -0.4 is 0 Å². The molecule has 2 nitrogen and oxygen atoms in total. The minimum atomic E-state index is -0.441. The van der Waals surface area contributed by atoms with E-state index in [0.29, 0.717) is 5.69 Å². The molecule has 0 aliphatic heterocycles. The van der Waals surface area contributed by atoms with E-state index in [1.165, 1.54) is 26.2 Å². The lowest BCUT2D eigenvalue weighted by molar-refractivity contribution is 0.670. The predicted molar refractivity (Wildman–Crippen MR) is 319 cm³/mol. The van der Waals surface area contributed by atoms with Gasteiger partial charge in [0.25, 0.3) is 0 Å². The van der Waals surface area contributed by atoms with Crippen LogP contribution in [0.4, 0.5) is 0 Å². The highest BCUT2D eigenvalue weighted by molar-refractivity contribution is 7.26. The smallest absolute Gasteiger partial charge is 0.143 e. The first-order valence-corrected chi connectivity index (χ1v) is 25.9. The average Bonchev–Trinajstić information content (AvgIpc) is 3.34. The second kappa shape index (κ2) is 17.6. The molecule has 0 bridgehead atoms. The zero-order valence-electron chi connectivity index (χ0n) is 47.2. The average molecular weight is 979 g/mol. The van der Waals surface area contributed by atoms with Crippen molar-refractivity contribution in [3.05, 3.63) is 273 Å². The normalized spacial score (nSPS) is 13.0. The van der Waals surface area contributed by atoms with E-state index >= 15 is 0 Å². The van der Waals surface area contributed by atoms with Crippen molar-refractivity contribution in [3.8, 4) is 83.6 Å². The fourth-order valence-corrected chi connectivity index (χ4v) is 12.4. The number of thiophene rings is 1. The van der Waals surface area contributed by atoms with E-state index in [4.69, 9.17) is 11.3 Å². The molecule has 0 spiro atoms.